The van der Waals surface area contributed by atoms with E-state index < -0.39 is 29.5 Å². The second kappa shape index (κ2) is 4.99. The largest absolute Gasteiger partial charge is 0.573 e. The maximum absolute atomic E-state index is 13.0. The Hall–Kier alpha value is -2.31. The molecule has 20 heavy (non-hydrogen) atoms. The summed E-state index contributed by atoms with van der Waals surface area (Å²) in [5.74, 6) is -3.26. The molecule has 106 valence electrons. The molecule has 0 aliphatic rings. The molecule has 2 nitrogen and oxygen atoms in total. The molecule has 0 saturated carbocycles. The predicted molar refractivity (Wildman–Crippen MR) is 60.1 cm³/mol. The standard InChI is InChI=1S/C13H7F5O2/c14-9-3-8(4-10(15)6-9)7-1-2-12(11(19)5-7)20-13(16,17)18/h1-6,19H. The van der Waals surface area contributed by atoms with Crippen molar-refractivity contribution in [1.29, 1.82) is 0 Å². The normalized spacial score (nSPS) is 11.4. The minimum Gasteiger partial charge on any atom is -0.504 e. The summed E-state index contributed by atoms with van der Waals surface area (Å²) in [7, 11) is 0. The van der Waals surface area contributed by atoms with Crippen molar-refractivity contribution >= 4 is 0 Å². The lowest BCUT2D eigenvalue weighted by Gasteiger charge is -2.11. The summed E-state index contributed by atoms with van der Waals surface area (Å²) in [5, 5.41) is 9.44. The Morgan fingerprint density at radius 2 is 1.45 bits per heavy atom. The first-order valence-electron chi connectivity index (χ1n) is 5.30. The van der Waals surface area contributed by atoms with Gasteiger partial charge in [0.15, 0.2) is 11.5 Å². The summed E-state index contributed by atoms with van der Waals surface area (Å²) in [4.78, 5) is 0. The lowest BCUT2D eigenvalue weighted by Crippen LogP contribution is -2.17. The SMILES string of the molecule is Oc1cc(-c2cc(F)cc(F)c2)ccc1OC(F)(F)F. The number of phenols is 1. The molecule has 0 spiro atoms. The summed E-state index contributed by atoms with van der Waals surface area (Å²) in [6.45, 7) is 0. The van der Waals surface area contributed by atoms with Crippen LogP contribution in [-0.4, -0.2) is 11.5 Å². The zero-order valence-electron chi connectivity index (χ0n) is 9.71. The molecule has 0 aromatic heterocycles. The van der Waals surface area contributed by atoms with E-state index in [9.17, 15) is 27.1 Å². The number of aromatic hydroxyl groups is 1. The van der Waals surface area contributed by atoms with Gasteiger partial charge in [-0.3, -0.25) is 0 Å². The van der Waals surface area contributed by atoms with E-state index in [2.05, 4.69) is 4.74 Å². The molecule has 0 amide bonds. The number of hydrogen-bond donors (Lipinski definition) is 1. The third-order valence-electron chi connectivity index (χ3n) is 2.38. The fourth-order valence-electron chi connectivity index (χ4n) is 1.63. The van der Waals surface area contributed by atoms with E-state index in [1.165, 1.54) is 0 Å². The third-order valence-corrected chi connectivity index (χ3v) is 2.38. The second-order valence-corrected chi connectivity index (χ2v) is 3.89. The molecule has 0 radical (unpaired) electrons. The van der Waals surface area contributed by atoms with E-state index in [4.69, 9.17) is 0 Å². The molecule has 0 bridgehead atoms. The fourth-order valence-corrected chi connectivity index (χ4v) is 1.63. The minimum absolute atomic E-state index is 0.0800. The van der Waals surface area contributed by atoms with Crippen molar-refractivity contribution in [3.63, 3.8) is 0 Å². The predicted octanol–water partition coefficient (Wildman–Crippen LogP) is 4.24. The average molecular weight is 290 g/mol. The van der Waals surface area contributed by atoms with Crippen LogP contribution in [0.1, 0.15) is 0 Å². The first kappa shape index (κ1) is 14.1. The van der Waals surface area contributed by atoms with E-state index in [0.29, 0.717) is 6.07 Å². The highest BCUT2D eigenvalue weighted by Gasteiger charge is 2.32. The molecular weight excluding hydrogens is 283 g/mol. The molecule has 2 aromatic carbocycles. The number of hydrogen-bond acceptors (Lipinski definition) is 2. The molecule has 1 N–H and O–H groups in total. The van der Waals surface area contributed by atoms with Crippen molar-refractivity contribution in [3.8, 4) is 22.6 Å². The van der Waals surface area contributed by atoms with Crippen molar-refractivity contribution in [3.05, 3.63) is 48.0 Å². The van der Waals surface area contributed by atoms with Crippen LogP contribution in [0.3, 0.4) is 0 Å². The Balaban J connectivity index is 2.38. The van der Waals surface area contributed by atoms with Gasteiger partial charge < -0.3 is 9.84 Å². The van der Waals surface area contributed by atoms with Gasteiger partial charge in [-0.25, -0.2) is 8.78 Å². The highest BCUT2D eigenvalue weighted by molar-refractivity contribution is 5.67. The highest BCUT2D eigenvalue weighted by atomic mass is 19.4. The molecule has 0 aliphatic carbocycles. The maximum atomic E-state index is 13.0. The molecule has 2 rings (SSSR count). The van der Waals surface area contributed by atoms with Crippen molar-refractivity contribution in [2.75, 3.05) is 0 Å². The van der Waals surface area contributed by atoms with Crippen molar-refractivity contribution in [2.45, 2.75) is 6.36 Å². The maximum Gasteiger partial charge on any atom is 0.573 e. The van der Waals surface area contributed by atoms with Crippen LogP contribution in [0.2, 0.25) is 0 Å². The first-order chi connectivity index (χ1) is 9.24. The summed E-state index contributed by atoms with van der Waals surface area (Å²) in [5.41, 5.74) is 0.229. The lowest BCUT2D eigenvalue weighted by molar-refractivity contribution is -0.275. The van der Waals surface area contributed by atoms with Crippen LogP contribution >= 0.6 is 0 Å². The molecule has 0 unspecified atom stereocenters. The van der Waals surface area contributed by atoms with Gasteiger partial charge in [0.1, 0.15) is 11.6 Å². The molecule has 0 aliphatic heterocycles. The fraction of sp³-hybridized carbons (Fsp3) is 0.0769. The second-order valence-electron chi connectivity index (χ2n) is 3.89. The van der Waals surface area contributed by atoms with E-state index in [0.717, 1.165) is 30.3 Å². The van der Waals surface area contributed by atoms with E-state index in [1.54, 1.807) is 0 Å². The highest BCUT2D eigenvalue weighted by Crippen LogP contribution is 2.35. The quantitative estimate of drug-likeness (QED) is 0.838. The number of ether oxygens (including phenoxy) is 1. The number of halogens is 5. The lowest BCUT2D eigenvalue weighted by atomic mass is 10.0. The minimum atomic E-state index is -4.94. The van der Waals surface area contributed by atoms with E-state index in [-0.39, 0.29) is 11.1 Å². The van der Waals surface area contributed by atoms with Gasteiger partial charge in [-0.2, -0.15) is 0 Å². The van der Waals surface area contributed by atoms with Crippen LogP contribution in [0, 0.1) is 11.6 Å². The van der Waals surface area contributed by atoms with Crippen LogP contribution in [0.15, 0.2) is 36.4 Å². The molecule has 7 heteroatoms. The van der Waals surface area contributed by atoms with Crippen LogP contribution in [0.25, 0.3) is 11.1 Å². The Bertz CT molecular complexity index is 617. The monoisotopic (exact) mass is 290 g/mol. The molecular formula is C13H7F5O2. The summed E-state index contributed by atoms with van der Waals surface area (Å²) in [6.07, 6.45) is -4.94. The summed E-state index contributed by atoms with van der Waals surface area (Å²) < 4.78 is 65.7. The zero-order valence-corrected chi connectivity index (χ0v) is 9.71. The Morgan fingerprint density at radius 3 is 1.95 bits per heavy atom. The van der Waals surface area contributed by atoms with Crippen LogP contribution < -0.4 is 4.74 Å². The number of benzene rings is 2. The van der Waals surface area contributed by atoms with E-state index in [1.807, 2.05) is 0 Å². The van der Waals surface area contributed by atoms with Crippen molar-refractivity contribution < 1.29 is 31.8 Å². The molecule has 2 aromatic rings. The molecule has 0 atom stereocenters. The Kier molecular flexibility index (Phi) is 3.52. The van der Waals surface area contributed by atoms with Gasteiger partial charge >= 0.3 is 6.36 Å². The first-order valence-corrected chi connectivity index (χ1v) is 5.30. The van der Waals surface area contributed by atoms with Gasteiger partial charge in [-0.1, -0.05) is 6.07 Å². The van der Waals surface area contributed by atoms with Gasteiger partial charge in [0.25, 0.3) is 0 Å². The smallest absolute Gasteiger partial charge is 0.504 e. The van der Waals surface area contributed by atoms with Gasteiger partial charge in [0, 0.05) is 6.07 Å². The zero-order chi connectivity index (χ0) is 14.9. The van der Waals surface area contributed by atoms with E-state index >= 15 is 0 Å². The third kappa shape index (κ3) is 3.37. The van der Waals surface area contributed by atoms with Crippen LogP contribution in [0.4, 0.5) is 22.0 Å². The Morgan fingerprint density at radius 1 is 0.850 bits per heavy atom. The molecule has 0 fully saturated rings. The number of alkyl halides is 3. The average Bonchev–Trinajstić information content (AvgIpc) is 2.29. The van der Waals surface area contributed by atoms with Gasteiger partial charge in [0.2, 0.25) is 0 Å². The molecule has 0 saturated heterocycles. The van der Waals surface area contributed by atoms with Crippen LogP contribution in [0.5, 0.6) is 11.5 Å². The van der Waals surface area contributed by atoms with Crippen molar-refractivity contribution in [2.24, 2.45) is 0 Å². The van der Waals surface area contributed by atoms with Gasteiger partial charge in [-0.15, -0.1) is 13.2 Å². The number of phenolic OH excluding ortho intramolecular Hbond substituents is 1. The topological polar surface area (TPSA) is 29.5 Å². The Labute approximate surface area is 110 Å². The summed E-state index contributed by atoms with van der Waals surface area (Å²) >= 11 is 0. The van der Waals surface area contributed by atoms with Gasteiger partial charge in [0.05, 0.1) is 0 Å². The number of rotatable bonds is 2. The molecule has 0 heterocycles. The summed E-state index contributed by atoms with van der Waals surface area (Å²) in [6, 6.07) is 5.57. The van der Waals surface area contributed by atoms with Crippen LogP contribution in [-0.2, 0) is 0 Å². The van der Waals surface area contributed by atoms with Crippen molar-refractivity contribution in [1.82, 2.24) is 0 Å². The van der Waals surface area contributed by atoms with Gasteiger partial charge in [-0.05, 0) is 35.4 Å².